The molecule has 0 aliphatic rings. The molecule has 2 N–H and O–H groups in total. The van der Waals surface area contributed by atoms with Crippen LogP contribution in [0.5, 0.6) is 0 Å². The second-order valence-corrected chi connectivity index (χ2v) is 5.79. The topological polar surface area (TPSA) is 47.1 Å². The monoisotopic (exact) mass is 252 g/mol. The number of imidazole rings is 1. The first kappa shape index (κ1) is 15.2. The Labute approximate surface area is 111 Å². The highest BCUT2D eigenvalue weighted by atomic mass is 15.2. The Morgan fingerprint density at radius 3 is 2.56 bits per heavy atom. The molecule has 18 heavy (non-hydrogen) atoms. The van der Waals surface area contributed by atoms with Gasteiger partial charge in [0.2, 0.25) is 0 Å². The number of aromatic nitrogens is 2. The molecule has 4 heteroatoms. The third-order valence-corrected chi connectivity index (χ3v) is 3.23. The van der Waals surface area contributed by atoms with Gasteiger partial charge in [-0.25, -0.2) is 4.98 Å². The number of likely N-dealkylation sites (N-methyl/N-ethyl adjacent to an activating group) is 1. The van der Waals surface area contributed by atoms with E-state index in [0.29, 0.717) is 12.0 Å². The van der Waals surface area contributed by atoms with Crippen molar-refractivity contribution in [2.45, 2.75) is 45.7 Å². The van der Waals surface area contributed by atoms with Gasteiger partial charge in [0.25, 0.3) is 0 Å². The van der Waals surface area contributed by atoms with Crippen molar-refractivity contribution in [2.75, 3.05) is 20.6 Å². The zero-order chi connectivity index (χ0) is 13.7. The van der Waals surface area contributed by atoms with E-state index >= 15 is 0 Å². The lowest BCUT2D eigenvalue weighted by molar-refractivity contribution is 0.282. The van der Waals surface area contributed by atoms with Crippen LogP contribution in [0.15, 0.2) is 12.5 Å². The standard InChI is InChI=1S/C14H28N4/c1-6-13(15)14-8-16-10-18(14)12(7-11(2)3)9-17(4)5/h8,10-13H,6-7,9,15H2,1-5H3/t12?,13-/m1/s1. The Hall–Kier alpha value is -0.870. The van der Waals surface area contributed by atoms with Crippen LogP contribution in [0.1, 0.15) is 51.4 Å². The van der Waals surface area contributed by atoms with Crippen LogP contribution in [0.4, 0.5) is 0 Å². The molecule has 0 saturated carbocycles. The van der Waals surface area contributed by atoms with Crippen molar-refractivity contribution in [3.05, 3.63) is 18.2 Å². The van der Waals surface area contributed by atoms with E-state index in [0.717, 1.165) is 25.1 Å². The van der Waals surface area contributed by atoms with Crippen molar-refractivity contribution in [3.63, 3.8) is 0 Å². The molecule has 0 aliphatic carbocycles. The van der Waals surface area contributed by atoms with Crippen molar-refractivity contribution in [2.24, 2.45) is 11.7 Å². The zero-order valence-corrected chi connectivity index (χ0v) is 12.4. The van der Waals surface area contributed by atoms with Gasteiger partial charge in [0.1, 0.15) is 0 Å². The first-order chi connectivity index (χ1) is 8.45. The number of nitrogens with zero attached hydrogens (tertiary/aromatic N) is 3. The maximum absolute atomic E-state index is 6.16. The van der Waals surface area contributed by atoms with Gasteiger partial charge in [0, 0.05) is 24.8 Å². The van der Waals surface area contributed by atoms with E-state index in [9.17, 15) is 0 Å². The molecule has 0 aromatic carbocycles. The summed E-state index contributed by atoms with van der Waals surface area (Å²) in [7, 11) is 4.23. The highest BCUT2D eigenvalue weighted by Gasteiger charge is 2.19. The fourth-order valence-corrected chi connectivity index (χ4v) is 2.36. The summed E-state index contributed by atoms with van der Waals surface area (Å²) in [6.45, 7) is 7.67. The number of rotatable bonds is 7. The highest BCUT2D eigenvalue weighted by molar-refractivity contribution is 5.06. The fraction of sp³-hybridized carbons (Fsp3) is 0.786. The van der Waals surface area contributed by atoms with E-state index < -0.39 is 0 Å². The molecule has 1 aromatic heterocycles. The van der Waals surface area contributed by atoms with E-state index in [4.69, 9.17) is 5.73 Å². The van der Waals surface area contributed by atoms with Gasteiger partial charge >= 0.3 is 0 Å². The Kier molecular flexibility index (Phi) is 5.82. The molecule has 1 aromatic rings. The summed E-state index contributed by atoms with van der Waals surface area (Å²) in [6.07, 6.45) is 5.94. The van der Waals surface area contributed by atoms with Gasteiger partial charge in [0.15, 0.2) is 0 Å². The predicted octanol–water partition coefficient (Wildman–Crippen LogP) is 2.44. The second kappa shape index (κ2) is 6.90. The van der Waals surface area contributed by atoms with E-state index in [1.165, 1.54) is 0 Å². The molecule has 0 amide bonds. The smallest absolute Gasteiger partial charge is 0.0951 e. The maximum Gasteiger partial charge on any atom is 0.0951 e. The maximum atomic E-state index is 6.16. The summed E-state index contributed by atoms with van der Waals surface area (Å²) in [6, 6.07) is 0.541. The largest absolute Gasteiger partial charge is 0.329 e. The van der Waals surface area contributed by atoms with Crippen molar-refractivity contribution >= 4 is 0 Å². The van der Waals surface area contributed by atoms with Crippen LogP contribution >= 0.6 is 0 Å². The Balaban J connectivity index is 2.93. The molecule has 0 bridgehead atoms. The number of hydrogen-bond acceptors (Lipinski definition) is 3. The molecule has 0 fully saturated rings. The zero-order valence-electron chi connectivity index (χ0n) is 12.4. The van der Waals surface area contributed by atoms with Gasteiger partial charge in [-0.15, -0.1) is 0 Å². The van der Waals surface area contributed by atoms with Crippen molar-refractivity contribution < 1.29 is 0 Å². The third-order valence-electron chi connectivity index (χ3n) is 3.23. The van der Waals surface area contributed by atoms with Crippen LogP contribution in [-0.4, -0.2) is 35.1 Å². The molecule has 1 rings (SSSR count). The van der Waals surface area contributed by atoms with E-state index in [1.54, 1.807) is 0 Å². The van der Waals surface area contributed by atoms with Gasteiger partial charge in [-0.1, -0.05) is 20.8 Å². The molecular formula is C14H28N4. The van der Waals surface area contributed by atoms with Gasteiger partial charge in [-0.2, -0.15) is 0 Å². The minimum atomic E-state index is 0.0873. The molecule has 1 unspecified atom stereocenters. The quantitative estimate of drug-likeness (QED) is 0.811. The van der Waals surface area contributed by atoms with E-state index in [2.05, 4.69) is 49.3 Å². The minimum absolute atomic E-state index is 0.0873. The summed E-state index contributed by atoms with van der Waals surface area (Å²) < 4.78 is 2.27. The normalized spacial score (nSPS) is 15.3. The SMILES string of the molecule is CC[C@@H](N)c1cncn1C(CC(C)C)CN(C)C. The third kappa shape index (κ3) is 4.10. The number of hydrogen-bond donors (Lipinski definition) is 1. The average molecular weight is 252 g/mol. The predicted molar refractivity (Wildman–Crippen MR) is 76.5 cm³/mol. The van der Waals surface area contributed by atoms with Gasteiger partial charge in [0.05, 0.1) is 12.0 Å². The summed E-state index contributed by atoms with van der Waals surface area (Å²) in [5, 5.41) is 0. The Bertz CT molecular complexity index is 333. The molecule has 4 nitrogen and oxygen atoms in total. The highest BCUT2D eigenvalue weighted by Crippen LogP contribution is 2.23. The lowest BCUT2D eigenvalue weighted by Crippen LogP contribution is -2.28. The first-order valence-corrected chi connectivity index (χ1v) is 6.87. The summed E-state index contributed by atoms with van der Waals surface area (Å²) in [4.78, 5) is 6.52. The lowest BCUT2D eigenvalue weighted by Gasteiger charge is -2.27. The molecule has 104 valence electrons. The Morgan fingerprint density at radius 2 is 2.06 bits per heavy atom. The van der Waals surface area contributed by atoms with Crippen LogP contribution in [0.3, 0.4) is 0 Å². The fourth-order valence-electron chi connectivity index (χ4n) is 2.36. The van der Waals surface area contributed by atoms with Crippen molar-refractivity contribution in [3.8, 4) is 0 Å². The van der Waals surface area contributed by atoms with Gasteiger partial charge < -0.3 is 15.2 Å². The lowest BCUT2D eigenvalue weighted by atomic mass is 10.0. The first-order valence-electron chi connectivity index (χ1n) is 6.87. The summed E-state index contributed by atoms with van der Waals surface area (Å²) >= 11 is 0. The van der Waals surface area contributed by atoms with Crippen LogP contribution in [0.25, 0.3) is 0 Å². The van der Waals surface area contributed by atoms with Crippen molar-refractivity contribution in [1.29, 1.82) is 0 Å². The molecular weight excluding hydrogens is 224 g/mol. The average Bonchev–Trinajstić information content (AvgIpc) is 2.74. The summed E-state index contributed by atoms with van der Waals surface area (Å²) in [5.74, 6) is 0.669. The molecule has 1 heterocycles. The van der Waals surface area contributed by atoms with Crippen LogP contribution in [0, 0.1) is 5.92 Å². The number of nitrogens with two attached hydrogens (primary N) is 1. The molecule has 2 atom stereocenters. The van der Waals surface area contributed by atoms with Crippen LogP contribution in [-0.2, 0) is 0 Å². The molecule has 0 aliphatic heterocycles. The Morgan fingerprint density at radius 1 is 1.39 bits per heavy atom. The van der Waals surface area contributed by atoms with Crippen molar-refractivity contribution in [1.82, 2.24) is 14.5 Å². The molecule has 0 radical (unpaired) electrons. The molecule has 0 spiro atoms. The van der Waals surface area contributed by atoms with Crippen LogP contribution in [0.2, 0.25) is 0 Å². The minimum Gasteiger partial charge on any atom is -0.329 e. The second-order valence-electron chi connectivity index (χ2n) is 5.79. The van der Waals surface area contributed by atoms with Gasteiger partial charge in [-0.05, 0) is 32.9 Å². The van der Waals surface area contributed by atoms with Gasteiger partial charge in [-0.3, -0.25) is 0 Å². The van der Waals surface area contributed by atoms with E-state index in [-0.39, 0.29) is 6.04 Å². The van der Waals surface area contributed by atoms with E-state index in [1.807, 2.05) is 12.5 Å². The summed E-state index contributed by atoms with van der Waals surface area (Å²) in [5.41, 5.74) is 7.32. The van der Waals surface area contributed by atoms with Crippen LogP contribution < -0.4 is 5.73 Å². The molecule has 0 saturated heterocycles.